The Morgan fingerprint density at radius 1 is 0.846 bits per heavy atom. The molecular formula is C23H28O2Si. The smallest absolute Gasteiger partial charge is 0.261 e. The van der Waals surface area contributed by atoms with Gasteiger partial charge in [-0.05, 0) is 40.9 Å². The maximum atomic E-state index is 6.89. The number of furan rings is 1. The van der Waals surface area contributed by atoms with Crippen molar-refractivity contribution in [1.29, 1.82) is 0 Å². The number of hydrogen-bond donors (Lipinski definition) is 0. The van der Waals surface area contributed by atoms with Gasteiger partial charge in [-0.1, -0.05) is 81.4 Å². The lowest BCUT2D eigenvalue weighted by Gasteiger charge is -2.42. The summed E-state index contributed by atoms with van der Waals surface area (Å²) >= 11 is 0. The van der Waals surface area contributed by atoms with Crippen molar-refractivity contribution >= 4 is 18.7 Å². The van der Waals surface area contributed by atoms with E-state index >= 15 is 0 Å². The number of aryl methyl sites for hydroxylation is 2. The van der Waals surface area contributed by atoms with E-state index in [-0.39, 0.29) is 5.04 Å². The molecule has 0 aliphatic heterocycles. The SMILES string of the molecule is Cc1cc(C)c(CO[Si](c2ccccc2)(c2ccccc2)C(C)(C)C)o1. The topological polar surface area (TPSA) is 22.4 Å². The molecule has 0 aliphatic rings. The van der Waals surface area contributed by atoms with E-state index in [1.54, 1.807) is 0 Å². The monoisotopic (exact) mass is 364 g/mol. The predicted octanol–water partition coefficient (Wildman–Crippen LogP) is 4.97. The standard InChI is InChI=1S/C23H28O2Si/c1-18-16-19(2)25-22(18)17-24-26(23(3,4)5,20-12-8-6-9-13-20)21-14-10-7-11-15-21/h6-16H,17H2,1-5H3. The summed E-state index contributed by atoms with van der Waals surface area (Å²) in [4.78, 5) is 0. The summed E-state index contributed by atoms with van der Waals surface area (Å²) < 4.78 is 12.8. The van der Waals surface area contributed by atoms with Crippen LogP contribution >= 0.6 is 0 Å². The second-order valence-electron chi connectivity index (χ2n) is 7.92. The van der Waals surface area contributed by atoms with Crippen molar-refractivity contribution in [1.82, 2.24) is 0 Å². The van der Waals surface area contributed by atoms with Gasteiger partial charge in [-0.3, -0.25) is 0 Å². The Kier molecular flexibility index (Phi) is 5.21. The molecule has 3 heteroatoms. The van der Waals surface area contributed by atoms with E-state index in [1.807, 2.05) is 6.92 Å². The van der Waals surface area contributed by atoms with Crippen LogP contribution in [0, 0.1) is 13.8 Å². The number of benzene rings is 2. The van der Waals surface area contributed by atoms with Gasteiger partial charge < -0.3 is 8.84 Å². The second-order valence-corrected chi connectivity index (χ2v) is 12.2. The molecule has 2 nitrogen and oxygen atoms in total. The van der Waals surface area contributed by atoms with E-state index in [4.69, 9.17) is 8.84 Å². The Bertz CT molecular complexity index is 805. The molecule has 3 rings (SSSR count). The van der Waals surface area contributed by atoms with E-state index in [0.29, 0.717) is 6.61 Å². The summed E-state index contributed by atoms with van der Waals surface area (Å²) in [7, 11) is -2.51. The molecule has 0 spiro atoms. The maximum Gasteiger partial charge on any atom is 0.261 e. The average Bonchev–Trinajstić information content (AvgIpc) is 2.94. The molecule has 0 atom stereocenters. The average molecular weight is 365 g/mol. The van der Waals surface area contributed by atoms with Crippen LogP contribution in [0.1, 0.15) is 37.9 Å². The van der Waals surface area contributed by atoms with Crippen LogP contribution in [0.3, 0.4) is 0 Å². The van der Waals surface area contributed by atoms with Crippen LogP contribution < -0.4 is 10.4 Å². The van der Waals surface area contributed by atoms with Gasteiger partial charge in [-0.2, -0.15) is 0 Å². The highest BCUT2D eigenvalue weighted by Gasteiger charge is 2.50. The summed E-state index contributed by atoms with van der Waals surface area (Å²) in [6.45, 7) is 11.4. The van der Waals surface area contributed by atoms with Gasteiger partial charge in [0.05, 0.1) is 6.61 Å². The first-order valence-corrected chi connectivity index (χ1v) is 11.1. The Labute approximate surface area is 158 Å². The molecule has 0 saturated heterocycles. The molecule has 0 fully saturated rings. The van der Waals surface area contributed by atoms with Gasteiger partial charge in [-0.25, -0.2) is 0 Å². The van der Waals surface area contributed by atoms with Crippen LogP contribution in [0.15, 0.2) is 71.1 Å². The molecule has 0 aliphatic carbocycles. The molecule has 2 aromatic carbocycles. The summed E-state index contributed by atoms with van der Waals surface area (Å²) in [5, 5.41) is 2.56. The lowest BCUT2D eigenvalue weighted by Crippen LogP contribution is -2.66. The first-order valence-electron chi connectivity index (χ1n) is 9.15. The zero-order chi connectivity index (χ0) is 18.8. The van der Waals surface area contributed by atoms with E-state index in [9.17, 15) is 0 Å². The van der Waals surface area contributed by atoms with Crippen LogP contribution in [0.4, 0.5) is 0 Å². The molecule has 3 aromatic rings. The van der Waals surface area contributed by atoms with Gasteiger partial charge in [0, 0.05) is 0 Å². The van der Waals surface area contributed by atoms with E-state index in [0.717, 1.165) is 17.1 Å². The van der Waals surface area contributed by atoms with Crippen LogP contribution in [0.2, 0.25) is 5.04 Å². The van der Waals surface area contributed by atoms with Crippen molar-refractivity contribution in [3.8, 4) is 0 Å². The van der Waals surface area contributed by atoms with Gasteiger partial charge in [0.2, 0.25) is 0 Å². The van der Waals surface area contributed by atoms with Crippen LogP contribution in [0.5, 0.6) is 0 Å². The normalized spacial score (nSPS) is 12.3. The van der Waals surface area contributed by atoms with Crippen molar-refractivity contribution in [2.24, 2.45) is 0 Å². The fraction of sp³-hybridized carbons (Fsp3) is 0.304. The van der Waals surface area contributed by atoms with Crippen LogP contribution in [-0.4, -0.2) is 8.32 Å². The summed E-state index contributed by atoms with van der Waals surface area (Å²) in [6, 6.07) is 23.5. The largest absolute Gasteiger partial charge is 0.464 e. The van der Waals surface area contributed by atoms with Gasteiger partial charge in [0.25, 0.3) is 8.32 Å². The summed E-state index contributed by atoms with van der Waals surface area (Å²) in [5.41, 5.74) is 1.15. The minimum atomic E-state index is -2.51. The van der Waals surface area contributed by atoms with Gasteiger partial charge in [0.15, 0.2) is 0 Å². The predicted molar refractivity (Wildman–Crippen MR) is 111 cm³/mol. The quantitative estimate of drug-likeness (QED) is 0.596. The molecule has 1 aromatic heterocycles. The maximum absolute atomic E-state index is 6.89. The molecule has 1 heterocycles. The lowest BCUT2D eigenvalue weighted by molar-refractivity contribution is 0.251. The Morgan fingerprint density at radius 2 is 1.35 bits per heavy atom. The highest BCUT2D eigenvalue weighted by molar-refractivity contribution is 6.99. The highest BCUT2D eigenvalue weighted by atomic mass is 28.4. The zero-order valence-electron chi connectivity index (χ0n) is 16.4. The van der Waals surface area contributed by atoms with E-state index in [1.165, 1.54) is 10.4 Å². The molecule has 0 saturated carbocycles. The van der Waals surface area contributed by atoms with Crippen molar-refractivity contribution < 1.29 is 8.84 Å². The molecule has 26 heavy (non-hydrogen) atoms. The Balaban J connectivity index is 2.12. The van der Waals surface area contributed by atoms with Gasteiger partial charge in [0.1, 0.15) is 11.5 Å². The molecule has 0 amide bonds. The molecular weight excluding hydrogens is 336 g/mol. The molecule has 136 valence electrons. The zero-order valence-corrected chi connectivity index (χ0v) is 17.4. The lowest BCUT2D eigenvalue weighted by atomic mass is 10.2. The van der Waals surface area contributed by atoms with E-state index < -0.39 is 8.32 Å². The fourth-order valence-electron chi connectivity index (χ4n) is 3.77. The Hall–Kier alpha value is -2.10. The molecule has 0 bridgehead atoms. The molecule has 0 radical (unpaired) electrons. The van der Waals surface area contributed by atoms with Crippen molar-refractivity contribution in [3.63, 3.8) is 0 Å². The summed E-state index contributed by atoms with van der Waals surface area (Å²) in [6.07, 6.45) is 0. The van der Waals surface area contributed by atoms with Crippen molar-refractivity contribution in [3.05, 3.63) is 83.8 Å². The third kappa shape index (κ3) is 3.42. The van der Waals surface area contributed by atoms with Gasteiger partial charge >= 0.3 is 0 Å². The third-order valence-corrected chi connectivity index (χ3v) is 9.96. The van der Waals surface area contributed by atoms with E-state index in [2.05, 4.69) is 94.4 Å². The van der Waals surface area contributed by atoms with Crippen LogP contribution in [0.25, 0.3) is 0 Å². The first kappa shape index (κ1) is 18.7. The Morgan fingerprint density at radius 3 is 1.73 bits per heavy atom. The molecule has 0 N–H and O–H groups in total. The minimum absolute atomic E-state index is 0.0226. The third-order valence-electron chi connectivity index (χ3n) is 4.98. The van der Waals surface area contributed by atoms with Crippen LogP contribution in [-0.2, 0) is 11.0 Å². The minimum Gasteiger partial charge on any atom is -0.464 e. The number of rotatable bonds is 5. The molecule has 0 unspecified atom stereocenters. The summed E-state index contributed by atoms with van der Waals surface area (Å²) in [5.74, 6) is 1.86. The van der Waals surface area contributed by atoms with Crippen molar-refractivity contribution in [2.45, 2.75) is 46.3 Å². The number of hydrogen-bond acceptors (Lipinski definition) is 2. The highest BCUT2D eigenvalue weighted by Crippen LogP contribution is 2.37. The fourth-order valence-corrected chi connectivity index (χ4v) is 8.27. The second kappa shape index (κ2) is 7.26. The first-order chi connectivity index (χ1) is 12.3. The van der Waals surface area contributed by atoms with Gasteiger partial charge in [-0.15, -0.1) is 0 Å². The van der Waals surface area contributed by atoms with Crippen molar-refractivity contribution in [2.75, 3.05) is 0 Å².